The molecule has 2 N–H and O–H groups in total. The number of ether oxygens (including phenoxy) is 3. The van der Waals surface area contributed by atoms with Gasteiger partial charge in [-0.2, -0.15) is 12.6 Å². The Morgan fingerprint density at radius 3 is 1.26 bits per heavy atom. The highest BCUT2D eigenvalue weighted by atomic mass is 32.1. The molecule has 3 rings (SSSR count). The zero-order chi connectivity index (χ0) is 22.4. The first-order chi connectivity index (χ1) is 15.0. The van der Waals surface area contributed by atoms with Crippen LogP contribution in [0.25, 0.3) is 0 Å². The maximum atomic E-state index is 14.0. The smallest absolute Gasteiger partial charge is 0.169 e. The van der Waals surface area contributed by atoms with Gasteiger partial charge in [-0.25, -0.2) is 0 Å². The molecule has 0 fully saturated rings. The monoisotopic (exact) mass is 437 g/mol. The van der Waals surface area contributed by atoms with Gasteiger partial charge in [0.05, 0.1) is 27.4 Å². The minimum atomic E-state index is -1.15. The van der Waals surface area contributed by atoms with E-state index in [0.717, 1.165) is 16.7 Å². The van der Waals surface area contributed by atoms with E-state index in [1.165, 1.54) is 0 Å². The molecule has 0 radical (unpaired) electrons. The highest BCUT2D eigenvalue weighted by Gasteiger charge is 2.45. The second-order valence-corrected chi connectivity index (χ2v) is 7.45. The Kier molecular flexibility index (Phi) is 7.25. The number of carbonyl (C=O) groups is 1. The first-order valence-electron chi connectivity index (χ1n) is 9.85. The summed E-state index contributed by atoms with van der Waals surface area (Å²) >= 11 is 4.31. The average molecular weight is 438 g/mol. The van der Waals surface area contributed by atoms with E-state index in [1.54, 1.807) is 21.3 Å². The van der Waals surface area contributed by atoms with Gasteiger partial charge in [0, 0.05) is 5.75 Å². The predicted molar refractivity (Wildman–Crippen MR) is 126 cm³/mol. The molecule has 0 aliphatic carbocycles. The van der Waals surface area contributed by atoms with Gasteiger partial charge in [-0.15, -0.1) is 0 Å². The van der Waals surface area contributed by atoms with E-state index in [2.05, 4.69) is 12.6 Å². The summed E-state index contributed by atoms with van der Waals surface area (Å²) in [5, 5.41) is 0. The molecule has 1 atom stereocenters. The van der Waals surface area contributed by atoms with Crippen molar-refractivity contribution in [3.63, 3.8) is 0 Å². The molecule has 3 aromatic rings. The number of nitrogens with two attached hydrogens (primary N) is 1. The number of benzene rings is 3. The van der Waals surface area contributed by atoms with Gasteiger partial charge < -0.3 is 19.9 Å². The fourth-order valence-corrected chi connectivity index (χ4v) is 3.98. The molecule has 3 aromatic carbocycles. The Balaban J connectivity index is 2.35. The fourth-order valence-electron chi connectivity index (χ4n) is 3.81. The van der Waals surface area contributed by atoms with Crippen LogP contribution in [0.3, 0.4) is 0 Å². The summed E-state index contributed by atoms with van der Waals surface area (Å²) < 4.78 is 16.0. The maximum absolute atomic E-state index is 14.0. The van der Waals surface area contributed by atoms with Gasteiger partial charge in [0.2, 0.25) is 0 Å². The lowest BCUT2D eigenvalue weighted by atomic mass is 9.65. The largest absolute Gasteiger partial charge is 0.497 e. The van der Waals surface area contributed by atoms with Crippen molar-refractivity contribution < 1.29 is 19.0 Å². The fraction of sp³-hybridized carbons (Fsp3) is 0.240. The SMILES string of the molecule is COc1ccc(C(C(=O)[C@@H](N)CS)(c2ccc(OC)cc2)c2ccc(OC)cc2)cc1. The van der Waals surface area contributed by atoms with Crippen molar-refractivity contribution in [3.8, 4) is 17.2 Å². The van der Waals surface area contributed by atoms with E-state index in [-0.39, 0.29) is 11.5 Å². The number of methoxy groups -OCH3 is 3. The number of Topliss-reactive ketones (excluding diaryl/α,β-unsaturated/α-hetero) is 1. The van der Waals surface area contributed by atoms with Gasteiger partial charge in [-0.05, 0) is 53.1 Å². The van der Waals surface area contributed by atoms with E-state index in [0.29, 0.717) is 17.2 Å². The molecule has 5 nitrogen and oxygen atoms in total. The molecule has 6 heteroatoms. The third-order valence-electron chi connectivity index (χ3n) is 5.47. The molecule has 0 saturated carbocycles. The lowest BCUT2D eigenvalue weighted by Gasteiger charge is -2.36. The van der Waals surface area contributed by atoms with Crippen LogP contribution >= 0.6 is 12.6 Å². The third kappa shape index (κ3) is 4.27. The van der Waals surface area contributed by atoms with E-state index in [1.807, 2.05) is 72.8 Å². The molecule has 0 aliphatic rings. The van der Waals surface area contributed by atoms with Crippen LogP contribution in [0.4, 0.5) is 0 Å². The molecule has 162 valence electrons. The summed E-state index contributed by atoms with van der Waals surface area (Å²) in [5.41, 5.74) is 7.49. The summed E-state index contributed by atoms with van der Waals surface area (Å²) in [6.07, 6.45) is 0. The molecule has 0 heterocycles. The summed E-state index contributed by atoms with van der Waals surface area (Å²) in [5.74, 6) is 2.18. The van der Waals surface area contributed by atoms with E-state index in [9.17, 15) is 4.79 Å². The Morgan fingerprint density at radius 2 is 1.03 bits per heavy atom. The van der Waals surface area contributed by atoms with Crippen LogP contribution in [0.2, 0.25) is 0 Å². The minimum Gasteiger partial charge on any atom is -0.497 e. The van der Waals surface area contributed by atoms with Gasteiger partial charge in [-0.3, -0.25) is 4.79 Å². The lowest BCUT2D eigenvalue weighted by molar-refractivity contribution is -0.122. The molecule has 0 saturated heterocycles. The van der Waals surface area contributed by atoms with Crippen molar-refractivity contribution in [1.82, 2.24) is 0 Å². The van der Waals surface area contributed by atoms with Crippen LogP contribution in [-0.4, -0.2) is 38.9 Å². The van der Waals surface area contributed by atoms with Crippen molar-refractivity contribution in [2.45, 2.75) is 11.5 Å². The molecular formula is C25H27NO4S. The van der Waals surface area contributed by atoms with Gasteiger partial charge in [0.1, 0.15) is 22.7 Å². The van der Waals surface area contributed by atoms with Gasteiger partial charge >= 0.3 is 0 Å². The van der Waals surface area contributed by atoms with Crippen molar-refractivity contribution in [1.29, 1.82) is 0 Å². The van der Waals surface area contributed by atoms with Crippen LogP contribution in [-0.2, 0) is 10.2 Å². The van der Waals surface area contributed by atoms with E-state index < -0.39 is 11.5 Å². The number of carbonyl (C=O) groups excluding carboxylic acids is 1. The highest BCUT2D eigenvalue weighted by molar-refractivity contribution is 7.80. The molecule has 31 heavy (non-hydrogen) atoms. The summed E-state index contributed by atoms with van der Waals surface area (Å²) in [7, 11) is 4.82. The molecular weight excluding hydrogens is 410 g/mol. The number of hydrogen-bond acceptors (Lipinski definition) is 6. The molecule has 0 aromatic heterocycles. The van der Waals surface area contributed by atoms with Crippen LogP contribution in [0, 0.1) is 0 Å². The van der Waals surface area contributed by atoms with E-state index >= 15 is 0 Å². The number of thiol groups is 1. The number of rotatable bonds is 9. The topological polar surface area (TPSA) is 70.8 Å². The molecule has 0 unspecified atom stereocenters. The van der Waals surface area contributed by atoms with Crippen molar-refractivity contribution >= 4 is 18.4 Å². The van der Waals surface area contributed by atoms with Crippen molar-refractivity contribution in [3.05, 3.63) is 89.5 Å². The third-order valence-corrected chi connectivity index (χ3v) is 5.87. The number of hydrogen-bond donors (Lipinski definition) is 2. The van der Waals surface area contributed by atoms with Crippen LogP contribution in [0.15, 0.2) is 72.8 Å². The zero-order valence-electron chi connectivity index (χ0n) is 17.9. The molecule has 0 aliphatic heterocycles. The van der Waals surface area contributed by atoms with E-state index in [4.69, 9.17) is 19.9 Å². The Labute approximate surface area is 188 Å². The molecule has 0 bridgehead atoms. The van der Waals surface area contributed by atoms with Gasteiger partial charge in [0.25, 0.3) is 0 Å². The highest BCUT2D eigenvalue weighted by Crippen LogP contribution is 2.42. The minimum absolute atomic E-state index is 0.150. The standard InChI is InChI=1S/C25H27NO4S/c1-28-20-10-4-17(5-11-20)25(24(27)23(26)16-31,18-6-12-21(29-2)13-7-18)19-8-14-22(30-3)15-9-19/h4-15,23,31H,16,26H2,1-3H3/t23-/m0/s1. The average Bonchev–Trinajstić information content (AvgIpc) is 2.85. The van der Waals surface area contributed by atoms with Crippen LogP contribution in [0.1, 0.15) is 16.7 Å². The lowest BCUT2D eigenvalue weighted by Crippen LogP contribution is -2.49. The van der Waals surface area contributed by atoms with Crippen LogP contribution in [0.5, 0.6) is 17.2 Å². The van der Waals surface area contributed by atoms with Crippen LogP contribution < -0.4 is 19.9 Å². The van der Waals surface area contributed by atoms with Crippen molar-refractivity contribution in [2.24, 2.45) is 5.73 Å². The molecule has 0 spiro atoms. The second-order valence-electron chi connectivity index (χ2n) is 7.09. The van der Waals surface area contributed by atoms with Gasteiger partial charge in [-0.1, -0.05) is 36.4 Å². The number of ketones is 1. The maximum Gasteiger partial charge on any atom is 0.169 e. The van der Waals surface area contributed by atoms with Crippen molar-refractivity contribution in [2.75, 3.05) is 27.1 Å². The molecule has 0 amide bonds. The quantitative estimate of drug-likeness (QED) is 0.393. The first kappa shape index (κ1) is 22.7. The summed E-state index contributed by atoms with van der Waals surface area (Å²) in [4.78, 5) is 14.0. The summed E-state index contributed by atoms with van der Waals surface area (Å²) in [6.45, 7) is 0. The summed E-state index contributed by atoms with van der Waals surface area (Å²) in [6, 6.07) is 21.7. The predicted octanol–water partition coefficient (Wildman–Crippen LogP) is 3.87. The first-order valence-corrected chi connectivity index (χ1v) is 10.5. The normalized spacial score (nSPS) is 12.2. The Morgan fingerprint density at radius 1 is 0.742 bits per heavy atom. The zero-order valence-corrected chi connectivity index (χ0v) is 18.8. The second kappa shape index (κ2) is 9.90. The van der Waals surface area contributed by atoms with Gasteiger partial charge in [0.15, 0.2) is 5.78 Å². The Hall–Kier alpha value is -2.96. The Bertz CT molecular complexity index is 886.